The minimum absolute atomic E-state index is 0.0402. The van der Waals surface area contributed by atoms with E-state index < -0.39 is 0 Å². The number of carbonyl (C=O) groups is 1. The number of hydrogen-bond acceptors (Lipinski definition) is 5. The minimum Gasteiger partial charge on any atom is -0.497 e. The maximum Gasteiger partial charge on any atom is 0.230 e. The molecule has 1 aromatic carbocycles. The lowest BCUT2D eigenvalue weighted by molar-refractivity contribution is -0.119. The van der Waals surface area contributed by atoms with Crippen LogP contribution in [0.1, 0.15) is 59.4 Å². The Hall–Kier alpha value is -2.02. The first kappa shape index (κ1) is 22.7. The fraction of sp³-hybridized carbons (Fsp3) is 0.609. The molecule has 0 bridgehead atoms. The predicted octanol–water partition coefficient (Wildman–Crippen LogP) is 4.96. The molecule has 164 valence electrons. The van der Waals surface area contributed by atoms with Crippen molar-refractivity contribution >= 4 is 17.7 Å². The number of aromatic nitrogens is 3. The third-order valence-corrected chi connectivity index (χ3v) is 7.07. The van der Waals surface area contributed by atoms with Crippen LogP contribution in [0.4, 0.5) is 0 Å². The summed E-state index contributed by atoms with van der Waals surface area (Å²) in [6.45, 7) is 8.58. The molecule has 1 amide bonds. The van der Waals surface area contributed by atoms with Crippen molar-refractivity contribution in [3.05, 3.63) is 24.3 Å². The van der Waals surface area contributed by atoms with Crippen molar-refractivity contribution in [3.8, 4) is 17.1 Å². The summed E-state index contributed by atoms with van der Waals surface area (Å²) in [5.74, 6) is 3.04. The quantitative estimate of drug-likeness (QED) is 0.600. The summed E-state index contributed by atoms with van der Waals surface area (Å²) in [7, 11) is 1.67. The number of thioether (sulfide) groups is 1. The molecule has 0 unspecified atom stereocenters. The average Bonchev–Trinajstić information content (AvgIpc) is 3.16. The number of rotatable bonds is 8. The molecule has 1 heterocycles. The lowest BCUT2D eigenvalue weighted by Gasteiger charge is -2.31. The minimum atomic E-state index is 0.0402. The van der Waals surface area contributed by atoms with Gasteiger partial charge in [0.1, 0.15) is 5.75 Å². The van der Waals surface area contributed by atoms with Crippen molar-refractivity contribution in [2.75, 3.05) is 12.9 Å². The lowest BCUT2D eigenvalue weighted by atomic mass is 9.85. The van der Waals surface area contributed by atoms with E-state index in [1.165, 1.54) is 31.0 Å². The first-order chi connectivity index (χ1) is 14.4. The molecular weight excluding hydrogens is 396 g/mol. The van der Waals surface area contributed by atoms with E-state index in [0.29, 0.717) is 23.6 Å². The second kappa shape index (κ2) is 10.3. The molecule has 0 aliphatic heterocycles. The van der Waals surface area contributed by atoms with Crippen LogP contribution >= 0.6 is 11.8 Å². The number of nitrogens with one attached hydrogen (secondary N) is 1. The summed E-state index contributed by atoms with van der Waals surface area (Å²) in [5.41, 5.74) is 1.02. The second-order valence-corrected chi connectivity index (χ2v) is 9.57. The van der Waals surface area contributed by atoms with Gasteiger partial charge in [0.25, 0.3) is 0 Å². The summed E-state index contributed by atoms with van der Waals surface area (Å²) in [6.07, 6.45) is 4.81. The highest BCUT2D eigenvalue weighted by atomic mass is 32.2. The third-order valence-electron chi connectivity index (χ3n) is 6.13. The SMILES string of the molecule is COc1ccc(-c2nnc(SCC(=O)N[C@@H](C)C(C)C)n2[C@H]2CCCC[C@@H]2C)cc1. The molecule has 1 fully saturated rings. The molecule has 1 aromatic heterocycles. The molecule has 3 atom stereocenters. The van der Waals surface area contributed by atoms with Crippen molar-refractivity contribution in [1.82, 2.24) is 20.1 Å². The highest BCUT2D eigenvalue weighted by molar-refractivity contribution is 7.99. The fourth-order valence-corrected chi connectivity index (χ4v) is 4.69. The molecule has 30 heavy (non-hydrogen) atoms. The van der Waals surface area contributed by atoms with Gasteiger partial charge >= 0.3 is 0 Å². The van der Waals surface area contributed by atoms with Crippen LogP contribution in [0.2, 0.25) is 0 Å². The van der Waals surface area contributed by atoms with Crippen LogP contribution in [0.3, 0.4) is 0 Å². The number of benzene rings is 1. The zero-order valence-corrected chi connectivity index (χ0v) is 19.5. The Labute approximate surface area is 184 Å². The zero-order valence-electron chi connectivity index (χ0n) is 18.7. The van der Waals surface area contributed by atoms with Gasteiger partial charge in [0.2, 0.25) is 5.91 Å². The van der Waals surface area contributed by atoms with E-state index in [1.54, 1.807) is 7.11 Å². The van der Waals surface area contributed by atoms with Crippen LogP contribution in [0.15, 0.2) is 29.4 Å². The van der Waals surface area contributed by atoms with E-state index in [9.17, 15) is 4.79 Å². The van der Waals surface area contributed by atoms with Crippen LogP contribution in [0, 0.1) is 11.8 Å². The Kier molecular flexibility index (Phi) is 7.81. The van der Waals surface area contributed by atoms with Gasteiger partial charge in [0.05, 0.1) is 12.9 Å². The van der Waals surface area contributed by atoms with E-state index in [0.717, 1.165) is 28.7 Å². The van der Waals surface area contributed by atoms with Gasteiger partial charge in [-0.05, 0) is 55.9 Å². The van der Waals surface area contributed by atoms with Gasteiger partial charge in [-0.2, -0.15) is 0 Å². The standard InChI is InChI=1S/C23H34N4O2S/c1-15(2)17(4)24-21(28)14-30-23-26-25-22(18-10-12-19(29-5)13-11-18)27(23)20-9-7-6-8-16(20)3/h10-13,15-17,20H,6-9,14H2,1-5H3,(H,24,28)/t16-,17-,20-/m0/s1. The predicted molar refractivity (Wildman–Crippen MR) is 122 cm³/mol. The summed E-state index contributed by atoms with van der Waals surface area (Å²) in [6, 6.07) is 8.46. The summed E-state index contributed by atoms with van der Waals surface area (Å²) < 4.78 is 7.57. The number of methoxy groups -OCH3 is 1. The van der Waals surface area contributed by atoms with Crippen molar-refractivity contribution in [1.29, 1.82) is 0 Å². The first-order valence-corrected chi connectivity index (χ1v) is 11.9. The smallest absolute Gasteiger partial charge is 0.230 e. The molecule has 0 radical (unpaired) electrons. The molecule has 0 saturated heterocycles. The molecule has 1 aliphatic carbocycles. The monoisotopic (exact) mass is 430 g/mol. The Balaban J connectivity index is 1.85. The van der Waals surface area contributed by atoms with Gasteiger partial charge < -0.3 is 10.1 Å². The number of ether oxygens (including phenoxy) is 1. The second-order valence-electron chi connectivity index (χ2n) is 8.62. The molecule has 2 aromatic rings. The average molecular weight is 431 g/mol. The van der Waals surface area contributed by atoms with E-state index >= 15 is 0 Å². The molecule has 1 N–H and O–H groups in total. The maximum absolute atomic E-state index is 12.4. The molecule has 7 heteroatoms. The number of nitrogens with zero attached hydrogens (tertiary/aromatic N) is 3. The fourth-order valence-electron chi connectivity index (χ4n) is 3.88. The Morgan fingerprint density at radius 1 is 1.20 bits per heavy atom. The number of hydrogen-bond donors (Lipinski definition) is 1. The molecule has 6 nitrogen and oxygen atoms in total. The van der Waals surface area contributed by atoms with Crippen molar-refractivity contribution in [2.24, 2.45) is 11.8 Å². The van der Waals surface area contributed by atoms with E-state index in [1.807, 2.05) is 31.2 Å². The first-order valence-electron chi connectivity index (χ1n) is 10.9. The molecule has 1 aliphatic rings. The van der Waals surface area contributed by atoms with Crippen molar-refractivity contribution < 1.29 is 9.53 Å². The highest BCUT2D eigenvalue weighted by Crippen LogP contribution is 2.39. The largest absolute Gasteiger partial charge is 0.497 e. The van der Waals surface area contributed by atoms with Gasteiger partial charge in [-0.1, -0.05) is 45.4 Å². The van der Waals surface area contributed by atoms with Gasteiger partial charge in [0, 0.05) is 17.6 Å². The van der Waals surface area contributed by atoms with Crippen LogP contribution in [-0.2, 0) is 4.79 Å². The van der Waals surface area contributed by atoms with Gasteiger partial charge in [-0.25, -0.2) is 0 Å². The van der Waals surface area contributed by atoms with Crippen LogP contribution in [-0.4, -0.2) is 39.6 Å². The summed E-state index contributed by atoms with van der Waals surface area (Å²) in [5, 5.41) is 12.9. The topological polar surface area (TPSA) is 69.0 Å². The third kappa shape index (κ3) is 5.36. The maximum atomic E-state index is 12.4. The normalized spacial score (nSPS) is 20.2. The van der Waals surface area contributed by atoms with Crippen LogP contribution in [0.25, 0.3) is 11.4 Å². The van der Waals surface area contributed by atoms with E-state index in [4.69, 9.17) is 4.74 Å². The Morgan fingerprint density at radius 2 is 1.90 bits per heavy atom. The lowest BCUT2D eigenvalue weighted by Crippen LogP contribution is -2.37. The van der Waals surface area contributed by atoms with Gasteiger partial charge in [-0.15, -0.1) is 10.2 Å². The molecule has 3 rings (SSSR count). The van der Waals surface area contributed by atoms with E-state index in [-0.39, 0.29) is 11.9 Å². The van der Waals surface area contributed by atoms with Crippen LogP contribution < -0.4 is 10.1 Å². The van der Waals surface area contributed by atoms with Gasteiger partial charge in [-0.3, -0.25) is 9.36 Å². The molecule has 0 spiro atoms. The van der Waals surface area contributed by atoms with Crippen LogP contribution in [0.5, 0.6) is 5.75 Å². The summed E-state index contributed by atoms with van der Waals surface area (Å²) >= 11 is 1.48. The zero-order chi connectivity index (χ0) is 21.7. The number of carbonyl (C=O) groups excluding carboxylic acids is 1. The molecule has 1 saturated carbocycles. The highest BCUT2D eigenvalue weighted by Gasteiger charge is 2.29. The Morgan fingerprint density at radius 3 is 2.53 bits per heavy atom. The Bertz CT molecular complexity index is 834. The number of amides is 1. The summed E-state index contributed by atoms with van der Waals surface area (Å²) in [4.78, 5) is 12.4. The molecular formula is C23H34N4O2S. The van der Waals surface area contributed by atoms with Gasteiger partial charge in [0.15, 0.2) is 11.0 Å². The van der Waals surface area contributed by atoms with E-state index in [2.05, 4.69) is 40.9 Å². The van der Waals surface area contributed by atoms with Crippen molar-refractivity contribution in [3.63, 3.8) is 0 Å². The van der Waals surface area contributed by atoms with Crippen molar-refractivity contribution in [2.45, 2.75) is 70.6 Å².